The Morgan fingerprint density at radius 2 is 1.54 bits per heavy atom. The number of ether oxygens (including phenoxy) is 2. The van der Waals surface area contributed by atoms with E-state index in [0.29, 0.717) is 0 Å². The van der Waals surface area contributed by atoms with Crippen LogP contribution < -0.4 is 14.3 Å². The number of aliphatic hydroxyl groups excluding tert-OH is 3. The second-order valence-corrected chi connectivity index (χ2v) is 10.3. The summed E-state index contributed by atoms with van der Waals surface area (Å²) >= 11 is 0. The summed E-state index contributed by atoms with van der Waals surface area (Å²) in [6.45, 7) is -0.937. The van der Waals surface area contributed by atoms with Gasteiger partial charge in [0, 0.05) is 12.1 Å². The van der Waals surface area contributed by atoms with Gasteiger partial charge in [0.1, 0.15) is 58.9 Å². The molecule has 1 aliphatic rings. The molecule has 0 bridgehead atoms. The quantitative estimate of drug-likeness (QED) is 0.178. The molecule has 39 heavy (non-hydrogen) atoms. The van der Waals surface area contributed by atoms with E-state index >= 15 is 0 Å². The standard InChI is InChI=1S/C21H20O16S2/c22-13-5-11(35-21-20(26)19(25)18(24)15(36-21)8-34-38(27,28)29)6-14-16(13)17(23)12(7-33-14)9-1-3-10(4-2-9)37-39(30,31)32/h1-7,15,18-22,24-26H,8H2,(H,27,28,29)(H,30,31,32)/t15-,18-,19+,20-,21-/m1/s1. The zero-order valence-electron chi connectivity index (χ0n) is 19.2. The number of aromatic hydroxyl groups is 1. The first-order valence-electron chi connectivity index (χ1n) is 10.7. The van der Waals surface area contributed by atoms with Crippen molar-refractivity contribution in [2.24, 2.45) is 0 Å². The van der Waals surface area contributed by atoms with E-state index < -0.39 is 69.3 Å². The van der Waals surface area contributed by atoms with Gasteiger partial charge in [-0.05, 0) is 17.7 Å². The molecule has 1 fully saturated rings. The molecule has 5 atom stereocenters. The zero-order valence-corrected chi connectivity index (χ0v) is 20.9. The van der Waals surface area contributed by atoms with Gasteiger partial charge in [0.05, 0.1) is 12.2 Å². The van der Waals surface area contributed by atoms with E-state index in [9.17, 15) is 42.1 Å². The molecule has 4 rings (SSSR count). The van der Waals surface area contributed by atoms with Crippen LogP contribution in [0.2, 0.25) is 0 Å². The van der Waals surface area contributed by atoms with Crippen LogP contribution in [0.3, 0.4) is 0 Å². The molecule has 0 saturated carbocycles. The van der Waals surface area contributed by atoms with Crippen molar-refractivity contribution in [1.29, 1.82) is 0 Å². The van der Waals surface area contributed by atoms with Crippen LogP contribution in [0.1, 0.15) is 0 Å². The Labute approximate surface area is 219 Å². The van der Waals surface area contributed by atoms with E-state index in [4.69, 9.17) is 23.0 Å². The number of fused-ring (bicyclic) bond motifs is 1. The second kappa shape index (κ2) is 10.7. The summed E-state index contributed by atoms with van der Waals surface area (Å²) in [4.78, 5) is 13.1. The molecule has 6 N–H and O–H groups in total. The van der Waals surface area contributed by atoms with Gasteiger partial charge in [-0.15, -0.1) is 0 Å². The Morgan fingerprint density at radius 1 is 0.872 bits per heavy atom. The van der Waals surface area contributed by atoms with Crippen LogP contribution in [0, 0.1) is 0 Å². The second-order valence-electron chi connectivity index (χ2n) is 8.17. The smallest absolute Gasteiger partial charge is 0.446 e. The number of phenolic OH excluding ortho intramolecular Hbond substituents is 1. The van der Waals surface area contributed by atoms with Crippen molar-refractivity contribution in [3.63, 3.8) is 0 Å². The summed E-state index contributed by atoms with van der Waals surface area (Å²) in [5, 5.41) is 40.6. The van der Waals surface area contributed by atoms with E-state index in [-0.39, 0.29) is 33.6 Å². The van der Waals surface area contributed by atoms with E-state index in [2.05, 4.69) is 8.37 Å². The fourth-order valence-electron chi connectivity index (χ4n) is 3.73. The maximum atomic E-state index is 13.1. The van der Waals surface area contributed by atoms with Crippen LogP contribution in [0.15, 0.2) is 51.9 Å². The molecule has 3 aromatic rings. The molecule has 0 amide bonds. The minimum Gasteiger partial charge on any atom is -0.507 e. The molecule has 212 valence electrons. The molecule has 2 heterocycles. The molecular weight excluding hydrogens is 572 g/mol. The predicted molar refractivity (Wildman–Crippen MR) is 127 cm³/mol. The van der Waals surface area contributed by atoms with Crippen molar-refractivity contribution >= 4 is 31.8 Å². The fourth-order valence-corrected chi connectivity index (χ4v) is 4.39. The Hall–Kier alpha value is -3.33. The van der Waals surface area contributed by atoms with E-state index in [1.807, 2.05) is 0 Å². The number of hydrogen-bond donors (Lipinski definition) is 6. The van der Waals surface area contributed by atoms with Crippen LogP contribution in [0.5, 0.6) is 17.2 Å². The molecule has 1 saturated heterocycles. The molecule has 2 aromatic carbocycles. The van der Waals surface area contributed by atoms with Gasteiger partial charge in [-0.3, -0.25) is 13.9 Å². The molecule has 0 spiro atoms. The lowest BCUT2D eigenvalue weighted by molar-refractivity contribution is -0.276. The number of benzene rings is 2. The summed E-state index contributed by atoms with van der Waals surface area (Å²) < 4.78 is 85.3. The lowest BCUT2D eigenvalue weighted by atomic mass is 9.99. The van der Waals surface area contributed by atoms with Gasteiger partial charge in [-0.25, -0.2) is 4.18 Å². The van der Waals surface area contributed by atoms with Gasteiger partial charge >= 0.3 is 20.8 Å². The van der Waals surface area contributed by atoms with Gasteiger partial charge in [0.15, 0.2) is 0 Å². The first kappa shape index (κ1) is 28.7. The van der Waals surface area contributed by atoms with Crippen molar-refractivity contribution in [2.75, 3.05) is 6.61 Å². The summed E-state index contributed by atoms with van der Waals surface area (Å²) in [5.41, 5.74) is -0.659. The predicted octanol–water partition coefficient (Wildman–Crippen LogP) is -0.647. The number of hydrogen-bond acceptors (Lipinski definition) is 14. The van der Waals surface area contributed by atoms with Crippen molar-refractivity contribution in [1.82, 2.24) is 0 Å². The molecular formula is C21H20O16S2. The van der Waals surface area contributed by atoms with Crippen LogP contribution >= 0.6 is 0 Å². The van der Waals surface area contributed by atoms with E-state index in [0.717, 1.165) is 18.4 Å². The SMILES string of the molecule is O=c1c(-c2ccc(OS(=O)(=O)O)cc2)coc2cc(O[C@@H]3O[C@H](COS(=O)(=O)O)[C@@H](O)[C@H](O)[C@H]3O)cc(O)c12. The highest BCUT2D eigenvalue weighted by Gasteiger charge is 2.45. The van der Waals surface area contributed by atoms with Gasteiger partial charge in [-0.1, -0.05) is 12.1 Å². The monoisotopic (exact) mass is 592 g/mol. The zero-order chi connectivity index (χ0) is 28.7. The lowest BCUT2D eigenvalue weighted by Crippen LogP contribution is -2.60. The van der Waals surface area contributed by atoms with Crippen molar-refractivity contribution in [3.05, 3.63) is 52.9 Å². The van der Waals surface area contributed by atoms with Gasteiger partial charge < -0.3 is 38.5 Å². The van der Waals surface area contributed by atoms with Crippen LogP contribution in [0.25, 0.3) is 22.1 Å². The summed E-state index contributed by atoms with van der Waals surface area (Å²) in [7, 11) is -9.66. The first-order chi connectivity index (χ1) is 18.1. The van der Waals surface area contributed by atoms with E-state index in [1.165, 1.54) is 24.3 Å². The molecule has 1 aliphatic heterocycles. The molecule has 0 radical (unpaired) electrons. The minimum absolute atomic E-state index is 0.0327. The summed E-state index contributed by atoms with van der Waals surface area (Å²) in [6.07, 6.45) is -7.83. The van der Waals surface area contributed by atoms with Gasteiger partial charge in [0.25, 0.3) is 0 Å². The average molecular weight is 593 g/mol. The largest absolute Gasteiger partial charge is 0.507 e. The third-order valence-electron chi connectivity index (χ3n) is 5.50. The molecule has 16 nitrogen and oxygen atoms in total. The lowest BCUT2D eigenvalue weighted by Gasteiger charge is -2.39. The Morgan fingerprint density at radius 3 is 2.15 bits per heavy atom. The van der Waals surface area contributed by atoms with Crippen LogP contribution in [0.4, 0.5) is 0 Å². The third-order valence-corrected chi connectivity index (χ3v) is 6.34. The maximum absolute atomic E-state index is 13.1. The van der Waals surface area contributed by atoms with Gasteiger partial charge in [-0.2, -0.15) is 16.8 Å². The highest BCUT2D eigenvalue weighted by atomic mass is 32.3. The number of phenols is 1. The van der Waals surface area contributed by atoms with Crippen molar-refractivity contribution in [2.45, 2.75) is 30.7 Å². The summed E-state index contributed by atoms with van der Waals surface area (Å²) in [6, 6.07) is 7.04. The molecule has 0 aliphatic carbocycles. The highest BCUT2D eigenvalue weighted by molar-refractivity contribution is 7.81. The van der Waals surface area contributed by atoms with Crippen LogP contribution in [-0.2, 0) is 29.7 Å². The minimum atomic E-state index is -4.91. The summed E-state index contributed by atoms with van der Waals surface area (Å²) in [5.74, 6) is -1.08. The van der Waals surface area contributed by atoms with Crippen molar-refractivity contribution < 1.29 is 68.6 Å². The molecule has 1 aromatic heterocycles. The average Bonchev–Trinajstić information content (AvgIpc) is 2.83. The van der Waals surface area contributed by atoms with E-state index in [1.54, 1.807) is 0 Å². The van der Waals surface area contributed by atoms with Gasteiger partial charge in [0.2, 0.25) is 11.7 Å². The maximum Gasteiger partial charge on any atom is 0.446 e. The van der Waals surface area contributed by atoms with Crippen LogP contribution in [-0.4, -0.2) is 83.7 Å². The normalized spacial score (nSPS) is 24.0. The third kappa shape index (κ3) is 6.64. The first-order valence-corrected chi connectivity index (χ1v) is 13.4. The Bertz CT molecular complexity index is 1630. The van der Waals surface area contributed by atoms with Crippen molar-refractivity contribution in [3.8, 4) is 28.4 Å². The topological polar surface area (TPSA) is 257 Å². The molecule has 0 unspecified atom stereocenters. The Kier molecular flexibility index (Phi) is 7.85. The Balaban J connectivity index is 1.59. The fraction of sp³-hybridized carbons (Fsp3) is 0.286. The number of aliphatic hydroxyl groups is 3. The highest BCUT2D eigenvalue weighted by Crippen LogP contribution is 2.33. The molecule has 18 heteroatoms. The number of rotatable bonds is 8.